The molecule has 1 aliphatic rings. The van der Waals surface area contributed by atoms with Gasteiger partial charge in [0.1, 0.15) is 0 Å². The van der Waals surface area contributed by atoms with E-state index < -0.39 is 0 Å². The van der Waals surface area contributed by atoms with Crippen molar-refractivity contribution in [1.29, 1.82) is 0 Å². The Kier molecular flexibility index (Phi) is 4.29. The molecule has 1 N–H and O–H groups in total. The summed E-state index contributed by atoms with van der Waals surface area (Å²) in [6.07, 6.45) is 2.37. The molecule has 2 heterocycles. The summed E-state index contributed by atoms with van der Waals surface area (Å²) >= 11 is 1.57. The Balaban J connectivity index is 1.89. The second-order valence-electron chi connectivity index (χ2n) is 5.10. The first kappa shape index (κ1) is 14.8. The number of aromatic nitrogens is 2. The van der Waals surface area contributed by atoms with Crippen LogP contribution in [0.25, 0.3) is 5.69 Å². The van der Waals surface area contributed by atoms with Crippen LogP contribution in [0, 0.1) is 6.92 Å². The number of benzene rings is 1. The SMILES string of the molecule is CCc1c(C(=O)NC2=NCCS2)cnn1-c1ccc(C)cc1. The molecule has 2 aromatic rings. The Bertz CT molecular complexity index is 718. The van der Waals surface area contributed by atoms with Gasteiger partial charge in [0.25, 0.3) is 5.91 Å². The zero-order chi connectivity index (χ0) is 15.5. The molecule has 0 radical (unpaired) electrons. The molecule has 0 aliphatic carbocycles. The number of rotatable bonds is 3. The minimum atomic E-state index is -0.136. The average Bonchev–Trinajstić information content (AvgIpc) is 3.16. The van der Waals surface area contributed by atoms with Gasteiger partial charge in [0.15, 0.2) is 5.17 Å². The van der Waals surface area contributed by atoms with Crippen molar-refractivity contribution in [2.75, 3.05) is 12.3 Å². The summed E-state index contributed by atoms with van der Waals surface area (Å²) in [6.45, 7) is 4.84. The summed E-state index contributed by atoms with van der Waals surface area (Å²) in [5, 5.41) is 7.96. The van der Waals surface area contributed by atoms with Gasteiger partial charge in [0.05, 0.1) is 29.7 Å². The minimum Gasteiger partial charge on any atom is -0.301 e. The number of amidine groups is 1. The molecule has 22 heavy (non-hydrogen) atoms. The summed E-state index contributed by atoms with van der Waals surface area (Å²) in [5.41, 5.74) is 3.68. The van der Waals surface area contributed by atoms with Crippen LogP contribution in [0.4, 0.5) is 0 Å². The smallest absolute Gasteiger partial charge is 0.260 e. The number of amides is 1. The van der Waals surface area contributed by atoms with Gasteiger partial charge >= 0.3 is 0 Å². The standard InChI is InChI=1S/C16H18N4OS/c1-3-14-13(15(21)19-16-17-8-9-22-16)10-18-20(14)12-6-4-11(2)5-7-12/h4-7,10H,3,8-9H2,1-2H3,(H,17,19,21). The van der Waals surface area contributed by atoms with Crippen molar-refractivity contribution in [3.8, 4) is 5.69 Å². The van der Waals surface area contributed by atoms with Crippen LogP contribution in [0.3, 0.4) is 0 Å². The van der Waals surface area contributed by atoms with Gasteiger partial charge in [-0.2, -0.15) is 5.10 Å². The topological polar surface area (TPSA) is 59.3 Å². The van der Waals surface area contributed by atoms with Gasteiger partial charge < -0.3 is 5.32 Å². The normalized spacial score (nSPS) is 14.0. The van der Waals surface area contributed by atoms with E-state index in [2.05, 4.69) is 15.4 Å². The van der Waals surface area contributed by atoms with Crippen molar-refractivity contribution in [1.82, 2.24) is 15.1 Å². The molecule has 1 aromatic heterocycles. The number of aryl methyl sites for hydroxylation is 1. The predicted octanol–water partition coefficient (Wildman–Crippen LogP) is 2.58. The second-order valence-corrected chi connectivity index (χ2v) is 6.18. The Hall–Kier alpha value is -2.08. The molecule has 0 spiro atoms. The van der Waals surface area contributed by atoms with Crippen LogP contribution < -0.4 is 5.32 Å². The zero-order valence-electron chi connectivity index (χ0n) is 12.7. The van der Waals surface area contributed by atoms with Gasteiger partial charge in [0, 0.05) is 5.75 Å². The van der Waals surface area contributed by atoms with Crippen LogP contribution in [0.5, 0.6) is 0 Å². The Morgan fingerprint density at radius 3 is 2.77 bits per heavy atom. The molecular formula is C16H18N4OS. The van der Waals surface area contributed by atoms with E-state index in [0.29, 0.717) is 10.7 Å². The van der Waals surface area contributed by atoms with Crippen LogP contribution >= 0.6 is 11.8 Å². The third kappa shape index (κ3) is 2.92. The first-order valence-electron chi connectivity index (χ1n) is 7.31. The van der Waals surface area contributed by atoms with Gasteiger partial charge in [-0.25, -0.2) is 4.68 Å². The lowest BCUT2D eigenvalue weighted by Crippen LogP contribution is -2.28. The lowest BCUT2D eigenvalue weighted by molar-refractivity contribution is 0.0977. The average molecular weight is 314 g/mol. The van der Waals surface area contributed by atoms with Crippen molar-refractivity contribution in [2.45, 2.75) is 20.3 Å². The fourth-order valence-electron chi connectivity index (χ4n) is 2.39. The number of nitrogens with zero attached hydrogens (tertiary/aromatic N) is 3. The van der Waals surface area contributed by atoms with Crippen LogP contribution in [-0.4, -0.2) is 33.2 Å². The highest BCUT2D eigenvalue weighted by atomic mass is 32.2. The lowest BCUT2D eigenvalue weighted by Gasteiger charge is -2.08. The molecule has 1 aliphatic heterocycles. The van der Waals surface area contributed by atoms with E-state index in [1.54, 1.807) is 18.0 Å². The molecule has 0 fully saturated rings. The monoisotopic (exact) mass is 314 g/mol. The van der Waals surface area contributed by atoms with Gasteiger partial charge in [-0.15, -0.1) is 0 Å². The number of thioether (sulfide) groups is 1. The molecular weight excluding hydrogens is 296 g/mol. The maximum atomic E-state index is 12.4. The summed E-state index contributed by atoms with van der Waals surface area (Å²) in [6, 6.07) is 8.11. The zero-order valence-corrected chi connectivity index (χ0v) is 13.5. The summed E-state index contributed by atoms with van der Waals surface area (Å²) in [4.78, 5) is 16.7. The molecule has 114 valence electrons. The Morgan fingerprint density at radius 1 is 1.36 bits per heavy atom. The van der Waals surface area contributed by atoms with Crippen LogP contribution in [0.1, 0.15) is 28.5 Å². The highest BCUT2D eigenvalue weighted by Gasteiger charge is 2.19. The van der Waals surface area contributed by atoms with E-state index in [9.17, 15) is 4.79 Å². The molecule has 6 heteroatoms. The van der Waals surface area contributed by atoms with Gasteiger partial charge in [0.2, 0.25) is 0 Å². The predicted molar refractivity (Wildman–Crippen MR) is 89.9 cm³/mol. The third-order valence-corrected chi connectivity index (χ3v) is 4.42. The van der Waals surface area contributed by atoms with Crippen molar-refractivity contribution in [3.05, 3.63) is 47.3 Å². The summed E-state index contributed by atoms with van der Waals surface area (Å²) < 4.78 is 1.83. The fourth-order valence-corrected chi connectivity index (χ4v) is 3.11. The van der Waals surface area contributed by atoms with Crippen molar-refractivity contribution in [3.63, 3.8) is 0 Å². The molecule has 0 atom stereocenters. The van der Waals surface area contributed by atoms with Gasteiger partial charge in [-0.3, -0.25) is 9.79 Å². The molecule has 5 nitrogen and oxygen atoms in total. The lowest BCUT2D eigenvalue weighted by atomic mass is 10.2. The summed E-state index contributed by atoms with van der Waals surface area (Å²) in [7, 11) is 0. The number of carbonyl (C=O) groups excluding carboxylic acids is 1. The van der Waals surface area contributed by atoms with E-state index in [4.69, 9.17) is 0 Å². The molecule has 1 amide bonds. The van der Waals surface area contributed by atoms with E-state index in [1.165, 1.54) is 5.56 Å². The molecule has 0 unspecified atom stereocenters. The maximum absolute atomic E-state index is 12.4. The number of nitrogens with one attached hydrogen (secondary N) is 1. The highest BCUT2D eigenvalue weighted by Crippen LogP contribution is 2.17. The molecule has 1 aromatic carbocycles. The molecule has 0 saturated carbocycles. The molecule has 0 saturated heterocycles. The highest BCUT2D eigenvalue weighted by molar-refractivity contribution is 8.14. The number of carbonyl (C=O) groups is 1. The number of hydrogen-bond donors (Lipinski definition) is 1. The Morgan fingerprint density at radius 2 is 2.14 bits per heavy atom. The van der Waals surface area contributed by atoms with Crippen molar-refractivity contribution < 1.29 is 4.79 Å². The van der Waals surface area contributed by atoms with Crippen molar-refractivity contribution >= 4 is 22.8 Å². The Labute approximate surface area is 133 Å². The van der Waals surface area contributed by atoms with E-state index in [0.717, 1.165) is 30.1 Å². The fraction of sp³-hybridized carbons (Fsp3) is 0.312. The largest absolute Gasteiger partial charge is 0.301 e. The maximum Gasteiger partial charge on any atom is 0.260 e. The molecule has 0 bridgehead atoms. The van der Waals surface area contributed by atoms with Crippen molar-refractivity contribution in [2.24, 2.45) is 4.99 Å². The quantitative estimate of drug-likeness (QED) is 0.947. The van der Waals surface area contributed by atoms with E-state index in [1.807, 2.05) is 42.8 Å². The summed E-state index contributed by atoms with van der Waals surface area (Å²) in [5.74, 6) is 0.794. The first-order chi connectivity index (χ1) is 10.7. The molecule has 3 rings (SSSR count). The minimum absolute atomic E-state index is 0.136. The number of hydrogen-bond acceptors (Lipinski definition) is 4. The van der Waals surface area contributed by atoms with E-state index >= 15 is 0 Å². The van der Waals surface area contributed by atoms with Crippen LogP contribution in [-0.2, 0) is 6.42 Å². The number of aliphatic imine (C=N–C) groups is 1. The second kappa shape index (κ2) is 6.36. The van der Waals surface area contributed by atoms with Gasteiger partial charge in [-0.05, 0) is 25.5 Å². The van der Waals surface area contributed by atoms with E-state index in [-0.39, 0.29) is 5.91 Å². The van der Waals surface area contributed by atoms with Crippen LogP contribution in [0.15, 0.2) is 35.5 Å². The van der Waals surface area contributed by atoms with Gasteiger partial charge in [-0.1, -0.05) is 36.4 Å². The van der Waals surface area contributed by atoms with Crippen LogP contribution in [0.2, 0.25) is 0 Å². The first-order valence-corrected chi connectivity index (χ1v) is 8.30. The third-order valence-electron chi connectivity index (χ3n) is 3.53.